The van der Waals surface area contributed by atoms with E-state index in [9.17, 15) is 9.18 Å². The number of ether oxygens (including phenoxy) is 1. The van der Waals surface area contributed by atoms with Gasteiger partial charge in [0, 0.05) is 18.2 Å². The van der Waals surface area contributed by atoms with Crippen LogP contribution in [0.5, 0.6) is 5.75 Å². The Hall–Kier alpha value is -3.15. The summed E-state index contributed by atoms with van der Waals surface area (Å²) in [4.78, 5) is 14.7. The minimum absolute atomic E-state index is 0.144. The van der Waals surface area contributed by atoms with Gasteiger partial charge in [-0.05, 0) is 54.8 Å². The molecule has 0 N–H and O–H groups in total. The van der Waals surface area contributed by atoms with Gasteiger partial charge in [-0.1, -0.05) is 17.3 Å². The van der Waals surface area contributed by atoms with E-state index in [0.29, 0.717) is 12.3 Å². The van der Waals surface area contributed by atoms with Gasteiger partial charge in [-0.25, -0.2) is 4.39 Å². The Morgan fingerprint density at radius 3 is 2.78 bits per heavy atom. The van der Waals surface area contributed by atoms with Crippen molar-refractivity contribution in [1.82, 2.24) is 10.1 Å². The molecule has 2 heterocycles. The van der Waals surface area contributed by atoms with Gasteiger partial charge in [0.1, 0.15) is 11.6 Å². The molecule has 3 aromatic rings. The summed E-state index contributed by atoms with van der Waals surface area (Å²) in [6.45, 7) is 0.616. The molecule has 5 nitrogen and oxygen atoms in total. The van der Waals surface area contributed by atoms with Crippen LogP contribution >= 0.6 is 0 Å². The standard InChI is InChI=1S/C21H19FN2O3/c1-26-17-9-7-14(8-10-17)20-13-18(23-27-20)21(25)24-11-3-6-19(24)15-4-2-5-16(22)12-15/h2,4-5,7-10,12-13,19H,3,6,11H2,1H3. The van der Waals surface area contributed by atoms with Crippen LogP contribution in [0.1, 0.15) is 34.9 Å². The van der Waals surface area contributed by atoms with E-state index in [1.807, 2.05) is 30.3 Å². The minimum Gasteiger partial charge on any atom is -0.497 e. The molecular formula is C21H19FN2O3. The SMILES string of the molecule is COc1ccc(-c2cc(C(=O)N3CCCC3c3cccc(F)c3)no2)cc1. The van der Waals surface area contributed by atoms with Gasteiger partial charge in [0.2, 0.25) is 0 Å². The maximum Gasteiger partial charge on any atom is 0.276 e. The molecule has 2 aromatic carbocycles. The van der Waals surface area contributed by atoms with Crippen LogP contribution in [0.2, 0.25) is 0 Å². The fourth-order valence-electron chi connectivity index (χ4n) is 3.48. The Bertz CT molecular complexity index is 952. The largest absolute Gasteiger partial charge is 0.497 e. The summed E-state index contributed by atoms with van der Waals surface area (Å²) in [6, 6.07) is 15.2. The van der Waals surface area contributed by atoms with Crippen molar-refractivity contribution in [3.05, 3.63) is 71.7 Å². The zero-order chi connectivity index (χ0) is 18.8. The number of amides is 1. The molecule has 1 aliphatic rings. The molecule has 1 unspecified atom stereocenters. The van der Waals surface area contributed by atoms with Gasteiger partial charge < -0.3 is 14.2 Å². The highest BCUT2D eigenvalue weighted by Gasteiger charge is 2.32. The summed E-state index contributed by atoms with van der Waals surface area (Å²) >= 11 is 0. The van der Waals surface area contributed by atoms with Crippen LogP contribution in [0.3, 0.4) is 0 Å². The lowest BCUT2D eigenvalue weighted by Gasteiger charge is -2.24. The van der Waals surface area contributed by atoms with Gasteiger partial charge in [-0.2, -0.15) is 0 Å². The van der Waals surface area contributed by atoms with Gasteiger partial charge in [-0.15, -0.1) is 0 Å². The van der Waals surface area contributed by atoms with Crippen LogP contribution in [0, 0.1) is 5.82 Å². The molecule has 1 aromatic heterocycles. The third-order valence-electron chi connectivity index (χ3n) is 4.85. The molecule has 0 radical (unpaired) electrons. The molecule has 1 atom stereocenters. The normalized spacial score (nSPS) is 16.5. The zero-order valence-corrected chi connectivity index (χ0v) is 14.9. The summed E-state index contributed by atoms with van der Waals surface area (Å²) in [7, 11) is 1.60. The number of benzene rings is 2. The highest BCUT2D eigenvalue weighted by atomic mass is 19.1. The van der Waals surface area contributed by atoms with Gasteiger partial charge in [0.05, 0.1) is 13.2 Å². The van der Waals surface area contributed by atoms with Gasteiger partial charge in [-0.3, -0.25) is 4.79 Å². The van der Waals surface area contributed by atoms with Crippen LogP contribution in [0.25, 0.3) is 11.3 Å². The first-order valence-electron chi connectivity index (χ1n) is 8.83. The molecule has 6 heteroatoms. The number of methoxy groups -OCH3 is 1. The van der Waals surface area contributed by atoms with Crippen molar-refractivity contribution in [2.24, 2.45) is 0 Å². The Labute approximate surface area is 156 Å². The number of likely N-dealkylation sites (tertiary alicyclic amines) is 1. The molecule has 27 heavy (non-hydrogen) atoms. The van der Waals surface area contributed by atoms with Crippen LogP contribution in [0.15, 0.2) is 59.1 Å². The van der Waals surface area contributed by atoms with E-state index in [2.05, 4.69) is 5.16 Å². The van der Waals surface area contributed by atoms with E-state index in [-0.39, 0.29) is 23.5 Å². The van der Waals surface area contributed by atoms with Crippen molar-refractivity contribution in [2.45, 2.75) is 18.9 Å². The molecular weight excluding hydrogens is 347 g/mol. The van der Waals surface area contributed by atoms with Gasteiger partial charge >= 0.3 is 0 Å². The number of hydrogen-bond acceptors (Lipinski definition) is 4. The molecule has 4 rings (SSSR count). The third kappa shape index (κ3) is 3.43. The Balaban J connectivity index is 1.56. The Morgan fingerprint density at radius 2 is 2.04 bits per heavy atom. The van der Waals surface area contributed by atoms with E-state index >= 15 is 0 Å². The van der Waals surface area contributed by atoms with Crippen molar-refractivity contribution in [3.8, 4) is 17.1 Å². The molecule has 1 saturated heterocycles. The van der Waals surface area contributed by atoms with Crippen molar-refractivity contribution >= 4 is 5.91 Å². The van der Waals surface area contributed by atoms with E-state index in [1.165, 1.54) is 12.1 Å². The zero-order valence-electron chi connectivity index (χ0n) is 14.9. The lowest BCUT2D eigenvalue weighted by molar-refractivity contribution is 0.0725. The van der Waals surface area contributed by atoms with Gasteiger partial charge in [0.15, 0.2) is 11.5 Å². The number of rotatable bonds is 4. The molecule has 1 aliphatic heterocycles. The topological polar surface area (TPSA) is 55.6 Å². The first-order valence-corrected chi connectivity index (χ1v) is 8.83. The molecule has 0 spiro atoms. The number of aromatic nitrogens is 1. The summed E-state index contributed by atoms with van der Waals surface area (Å²) < 4.78 is 24.1. The Kier molecular flexibility index (Phi) is 4.62. The molecule has 0 aliphatic carbocycles. The van der Waals surface area contributed by atoms with Gasteiger partial charge in [0.25, 0.3) is 5.91 Å². The fraction of sp³-hybridized carbons (Fsp3) is 0.238. The van der Waals surface area contributed by atoms with E-state index in [0.717, 1.165) is 29.7 Å². The molecule has 1 fully saturated rings. The van der Waals surface area contributed by atoms with Crippen LogP contribution in [0.4, 0.5) is 4.39 Å². The van der Waals surface area contributed by atoms with Crippen LogP contribution in [-0.4, -0.2) is 29.6 Å². The van der Waals surface area contributed by atoms with Crippen LogP contribution in [-0.2, 0) is 0 Å². The summed E-state index contributed by atoms with van der Waals surface area (Å²) in [5, 5.41) is 3.95. The first-order chi connectivity index (χ1) is 13.2. The fourth-order valence-corrected chi connectivity index (χ4v) is 3.48. The second-order valence-corrected chi connectivity index (χ2v) is 6.52. The number of halogens is 1. The molecule has 1 amide bonds. The maximum absolute atomic E-state index is 13.6. The second kappa shape index (κ2) is 7.23. The summed E-state index contributed by atoms with van der Waals surface area (Å²) in [5.41, 5.74) is 1.87. The molecule has 0 saturated carbocycles. The van der Waals surface area contributed by atoms with Crippen molar-refractivity contribution in [2.75, 3.05) is 13.7 Å². The number of carbonyl (C=O) groups excluding carboxylic acids is 1. The lowest BCUT2D eigenvalue weighted by atomic mass is 10.0. The summed E-state index contributed by atoms with van der Waals surface area (Å²) in [5.74, 6) is 0.757. The third-order valence-corrected chi connectivity index (χ3v) is 4.85. The predicted molar refractivity (Wildman–Crippen MR) is 97.9 cm³/mol. The lowest BCUT2D eigenvalue weighted by Crippen LogP contribution is -2.30. The van der Waals surface area contributed by atoms with E-state index < -0.39 is 0 Å². The number of carbonyl (C=O) groups is 1. The molecule has 138 valence electrons. The van der Waals surface area contributed by atoms with Crippen molar-refractivity contribution < 1.29 is 18.4 Å². The Morgan fingerprint density at radius 1 is 1.22 bits per heavy atom. The first kappa shape index (κ1) is 17.3. The maximum atomic E-state index is 13.6. The molecule has 0 bridgehead atoms. The van der Waals surface area contributed by atoms with Crippen molar-refractivity contribution in [1.29, 1.82) is 0 Å². The number of hydrogen-bond donors (Lipinski definition) is 0. The predicted octanol–water partition coefficient (Wildman–Crippen LogP) is 4.47. The average Bonchev–Trinajstić information content (AvgIpc) is 3.37. The van der Waals surface area contributed by atoms with Crippen molar-refractivity contribution in [3.63, 3.8) is 0 Å². The average molecular weight is 366 g/mol. The van der Waals surface area contributed by atoms with E-state index in [1.54, 1.807) is 24.1 Å². The van der Waals surface area contributed by atoms with Crippen LogP contribution < -0.4 is 4.74 Å². The smallest absolute Gasteiger partial charge is 0.276 e. The quantitative estimate of drug-likeness (QED) is 0.684. The monoisotopic (exact) mass is 366 g/mol. The number of nitrogens with zero attached hydrogens (tertiary/aromatic N) is 2. The minimum atomic E-state index is -0.296. The van der Waals surface area contributed by atoms with E-state index in [4.69, 9.17) is 9.26 Å². The summed E-state index contributed by atoms with van der Waals surface area (Å²) in [6.07, 6.45) is 1.68. The highest BCUT2D eigenvalue weighted by Crippen LogP contribution is 2.34. The highest BCUT2D eigenvalue weighted by molar-refractivity contribution is 5.93. The second-order valence-electron chi connectivity index (χ2n) is 6.52.